The number of benzene rings is 2. The predicted molar refractivity (Wildman–Crippen MR) is 139 cm³/mol. The largest absolute Gasteiger partial charge is 0.369 e. The number of nitrogens with zero attached hydrogens (tertiary/aromatic N) is 3. The molecule has 1 aliphatic rings. The Bertz CT molecular complexity index is 1250. The Morgan fingerprint density at radius 3 is 2.63 bits per heavy atom. The zero-order valence-electron chi connectivity index (χ0n) is 20.1. The second kappa shape index (κ2) is 11.6. The second-order valence-corrected chi connectivity index (χ2v) is 11.3. The van der Waals surface area contributed by atoms with Crippen LogP contribution < -0.4 is 10.6 Å². The molecule has 8 nitrogen and oxygen atoms in total. The van der Waals surface area contributed by atoms with Gasteiger partial charge in [-0.3, -0.25) is 4.79 Å². The zero-order valence-corrected chi connectivity index (χ0v) is 20.9. The van der Waals surface area contributed by atoms with Crippen molar-refractivity contribution in [2.75, 3.05) is 37.0 Å². The molecule has 0 unspecified atom stereocenters. The molecule has 1 fully saturated rings. The lowest BCUT2D eigenvalue weighted by atomic mass is 10.1. The van der Waals surface area contributed by atoms with Crippen LogP contribution in [-0.4, -0.2) is 66.9 Å². The van der Waals surface area contributed by atoms with E-state index in [1.54, 1.807) is 0 Å². The van der Waals surface area contributed by atoms with Crippen molar-refractivity contribution in [3.05, 3.63) is 66.0 Å². The van der Waals surface area contributed by atoms with Gasteiger partial charge in [-0.25, -0.2) is 18.4 Å². The van der Waals surface area contributed by atoms with E-state index >= 15 is 0 Å². The van der Waals surface area contributed by atoms with E-state index in [2.05, 4.69) is 44.9 Å². The van der Waals surface area contributed by atoms with Gasteiger partial charge in [-0.2, -0.15) is 0 Å². The first-order valence-corrected chi connectivity index (χ1v) is 13.9. The lowest BCUT2D eigenvalue weighted by molar-refractivity contribution is -0.121. The Morgan fingerprint density at radius 1 is 1.09 bits per heavy atom. The first-order chi connectivity index (χ1) is 16.9. The molecular weight excluding hydrogens is 462 g/mol. The molecule has 9 heteroatoms. The summed E-state index contributed by atoms with van der Waals surface area (Å²) in [4.78, 5) is 23.7. The number of para-hydroxylation sites is 1. The summed E-state index contributed by atoms with van der Waals surface area (Å²) in [7, 11) is -1.06. The maximum Gasteiger partial charge on any atom is 0.221 e. The highest BCUT2D eigenvalue weighted by Gasteiger charge is 2.30. The van der Waals surface area contributed by atoms with Crippen molar-refractivity contribution < 1.29 is 13.2 Å². The molecule has 2 N–H and O–H groups in total. The van der Waals surface area contributed by atoms with Crippen molar-refractivity contribution in [3.8, 4) is 0 Å². The number of carbonyl (C=O) groups is 1. The van der Waals surface area contributed by atoms with Crippen molar-refractivity contribution in [1.82, 2.24) is 20.2 Å². The highest BCUT2D eigenvalue weighted by molar-refractivity contribution is 7.91. The summed E-state index contributed by atoms with van der Waals surface area (Å²) < 4.78 is 23.4. The molecule has 0 radical (unpaired) electrons. The van der Waals surface area contributed by atoms with Crippen LogP contribution in [0.15, 0.2) is 54.6 Å². The lowest BCUT2D eigenvalue weighted by Gasteiger charge is -2.22. The molecule has 4 rings (SSSR count). The summed E-state index contributed by atoms with van der Waals surface area (Å²) in [6.45, 7) is 1.54. The third kappa shape index (κ3) is 7.22. The van der Waals surface area contributed by atoms with Gasteiger partial charge in [-0.05, 0) is 44.0 Å². The topological polar surface area (TPSA) is 104 Å². The average Bonchev–Trinajstić information content (AvgIpc) is 3.24. The highest BCUT2D eigenvalue weighted by Crippen LogP contribution is 2.20. The van der Waals surface area contributed by atoms with E-state index in [1.165, 1.54) is 5.56 Å². The normalized spacial score (nSPS) is 17.0. The maximum absolute atomic E-state index is 12.4. The van der Waals surface area contributed by atoms with E-state index < -0.39 is 9.84 Å². The molecule has 1 aliphatic heterocycles. The van der Waals surface area contributed by atoms with Crippen LogP contribution >= 0.6 is 0 Å². The third-order valence-electron chi connectivity index (χ3n) is 6.39. The molecule has 186 valence electrons. The van der Waals surface area contributed by atoms with Crippen LogP contribution in [-0.2, 0) is 27.6 Å². The molecule has 0 aliphatic carbocycles. The van der Waals surface area contributed by atoms with Crippen LogP contribution in [0.25, 0.3) is 10.9 Å². The monoisotopic (exact) mass is 495 g/mol. The third-order valence-corrected chi connectivity index (χ3v) is 8.14. The fourth-order valence-electron chi connectivity index (χ4n) is 4.33. The summed E-state index contributed by atoms with van der Waals surface area (Å²) in [5.41, 5.74) is 2.14. The minimum absolute atomic E-state index is 0.00727. The van der Waals surface area contributed by atoms with Gasteiger partial charge in [0.15, 0.2) is 15.7 Å². The Hall–Kier alpha value is -3.04. The van der Waals surface area contributed by atoms with Gasteiger partial charge in [-0.1, -0.05) is 42.5 Å². The van der Waals surface area contributed by atoms with Gasteiger partial charge >= 0.3 is 0 Å². The van der Waals surface area contributed by atoms with Crippen molar-refractivity contribution in [1.29, 1.82) is 0 Å². The molecule has 3 aromatic rings. The Kier molecular flexibility index (Phi) is 8.30. The van der Waals surface area contributed by atoms with Crippen molar-refractivity contribution in [3.63, 3.8) is 0 Å². The van der Waals surface area contributed by atoms with E-state index in [0.29, 0.717) is 25.2 Å². The van der Waals surface area contributed by atoms with Crippen molar-refractivity contribution in [2.24, 2.45) is 0 Å². The molecule has 0 spiro atoms. The summed E-state index contributed by atoms with van der Waals surface area (Å²) in [6.07, 6.45) is 2.89. The zero-order chi connectivity index (χ0) is 24.7. The summed E-state index contributed by atoms with van der Waals surface area (Å²) >= 11 is 0. The molecule has 1 amide bonds. The number of fused-ring (bicyclic) bond motifs is 1. The van der Waals surface area contributed by atoms with E-state index in [0.717, 1.165) is 36.1 Å². The van der Waals surface area contributed by atoms with E-state index in [-0.39, 0.29) is 30.0 Å². The van der Waals surface area contributed by atoms with E-state index in [9.17, 15) is 13.2 Å². The minimum Gasteiger partial charge on any atom is -0.369 e. The average molecular weight is 496 g/mol. The molecule has 1 saturated heterocycles. The Morgan fingerprint density at radius 2 is 1.86 bits per heavy atom. The summed E-state index contributed by atoms with van der Waals surface area (Å²) in [6, 6.07) is 18.2. The highest BCUT2D eigenvalue weighted by atomic mass is 32.2. The van der Waals surface area contributed by atoms with Gasteiger partial charge in [0.25, 0.3) is 0 Å². The number of rotatable bonds is 11. The number of hydrogen-bond acceptors (Lipinski definition) is 7. The molecule has 2 aromatic carbocycles. The molecule has 1 aromatic heterocycles. The van der Waals surface area contributed by atoms with Gasteiger partial charge in [0.2, 0.25) is 5.91 Å². The van der Waals surface area contributed by atoms with E-state index in [4.69, 9.17) is 0 Å². The lowest BCUT2D eigenvalue weighted by Crippen LogP contribution is -2.36. The molecule has 1 atom stereocenters. The van der Waals surface area contributed by atoms with Crippen LogP contribution in [0.1, 0.15) is 30.7 Å². The fourth-order valence-corrected chi connectivity index (χ4v) is 6.14. The molecular formula is C26H33N5O3S. The first-order valence-electron chi connectivity index (χ1n) is 12.1. The van der Waals surface area contributed by atoms with Crippen molar-refractivity contribution in [2.45, 2.75) is 38.3 Å². The molecule has 35 heavy (non-hydrogen) atoms. The number of amides is 1. The van der Waals surface area contributed by atoms with Crippen LogP contribution in [0.2, 0.25) is 0 Å². The Labute approximate surface area is 207 Å². The predicted octanol–water partition coefficient (Wildman–Crippen LogP) is 2.80. The maximum atomic E-state index is 12.4. The number of hydrogen-bond donors (Lipinski definition) is 2. The smallest absolute Gasteiger partial charge is 0.221 e. The van der Waals surface area contributed by atoms with Gasteiger partial charge in [0, 0.05) is 30.9 Å². The van der Waals surface area contributed by atoms with Crippen molar-refractivity contribution >= 4 is 32.5 Å². The number of aromatic nitrogens is 2. The number of nitrogens with one attached hydrogen (secondary N) is 2. The number of anilines is 1. The molecule has 0 bridgehead atoms. The minimum atomic E-state index is -2.93. The number of carbonyl (C=O) groups excluding carboxylic acids is 1. The van der Waals surface area contributed by atoms with E-state index in [1.807, 2.05) is 42.3 Å². The summed E-state index contributed by atoms with van der Waals surface area (Å²) in [5.74, 6) is 1.63. The van der Waals surface area contributed by atoms with Crippen LogP contribution in [0.5, 0.6) is 0 Å². The number of aryl methyl sites for hydroxylation is 1. The molecule has 0 saturated carbocycles. The van der Waals surface area contributed by atoms with Crippen LogP contribution in [0, 0.1) is 0 Å². The number of sulfone groups is 1. The molecule has 2 heterocycles. The standard InChI is InChI=1S/C26H33N5O3S/c1-31(21-14-17-35(33,34)19-21)16-13-25(32)28-18-24-29-23-12-6-5-11-22(23)26(30-24)27-15-7-10-20-8-3-2-4-9-20/h2-6,8-9,11-12,21H,7,10,13-19H2,1H3,(H,28,32)(H,27,29,30)/t21-/m1/s1. The SMILES string of the molecule is CN(CCC(=O)NCc1nc(NCCCc2ccccc2)c2ccccc2n1)[C@@H]1CCS(=O)(=O)C1. The van der Waals surface area contributed by atoms with Gasteiger partial charge in [0.1, 0.15) is 5.82 Å². The summed E-state index contributed by atoms with van der Waals surface area (Å²) in [5, 5.41) is 7.30. The van der Waals surface area contributed by atoms with Gasteiger partial charge < -0.3 is 15.5 Å². The van der Waals surface area contributed by atoms with Gasteiger partial charge in [-0.15, -0.1) is 0 Å². The quantitative estimate of drug-likeness (QED) is 0.394. The van der Waals surface area contributed by atoms with Crippen LogP contribution in [0.3, 0.4) is 0 Å². The van der Waals surface area contributed by atoms with Crippen LogP contribution in [0.4, 0.5) is 5.82 Å². The second-order valence-electron chi connectivity index (χ2n) is 9.09. The Balaban J connectivity index is 1.30. The fraction of sp³-hybridized carbons (Fsp3) is 0.423. The van der Waals surface area contributed by atoms with Gasteiger partial charge in [0.05, 0.1) is 23.6 Å². The first kappa shape index (κ1) is 25.1.